The first-order valence-electron chi connectivity index (χ1n) is 12.7. The molecular weight excluding hydrogens is 426 g/mol. The fourth-order valence-electron chi connectivity index (χ4n) is 5.31. The van der Waals surface area contributed by atoms with E-state index >= 15 is 0 Å². The van der Waals surface area contributed by atoms with Gasteiger partial charge >= 0.3 is 0 Å². The van der Waals surface area contributed by atoms with E-state index in [1.807, 2.05) is 42.5 Å². The van der Waals surface area contributed by atoms with Gasteiger partial charge in [0.15, 0.2) is 0 Å². The van der Waals surface area contributed by atoms with Crippen molar-refractivity contribution in [1.29, 1.82) is 0 Å². The number of rotatable bonds is 11. The Labute approximate surface area is 202 Å². The van der Waals surface area contributed by atoms with Crippen molar-refractivity contribution in [3.05, 3.63) is 71.8 Å². The summed E-state index contributed by atoms with van der Waals surface area (Å²) in [4.78, 5) is 12.3. The Balaban J connectivity index is 1.36. The summed E-state index contributed by atoms with van der Waals surface area (Å²) in [5.74, 6) is 0.988. The molecule has 2 aromatic carbocycles. The van der Waals surface area contributed by atoms with Crippen LogP contribution in [0.15, 0.2) is 60.7 Å². The van der Waals surface area contributed by atoms with Gasteiger partial charge in [0.05, 0.1) is 12.2 Å². The number of benzene rings is 2. The summed E-state index contributed by atoms with van der Waals surface area (Å²) in [5, 5.41) is 23.9. The van der Waals surface area contributed by atoms with Crippen LogP contribution in [0.2, 0.25) is 0 Å². The smallest absolute Gasteiger partial charge is 0.224 e. The molecule has 0 unspecified atom stereocenters. The Morgan fingerprint density at radius 2 is 1.97 bits per heavy atom. The first-order chi connectivity index (χ1) is 16.6. The number of fused-ring (bicyclic) bond motifs is 3. The number of unbranched alkanes of at least 4 members (excludes halogenated alkanes) is 2. The molecule has 2 aromatic rings. The predicted octanol–water partition coefficient (Wildman–Crippen LogP) is 5.37. The minimum Gasteiger partial charge on any atom is -0.489 e. The van der Waals surface area contributed by atoms with Gasteiger partial charge in [0, 0.05) is 35.9 Å². The van der Waals surface area contributed by atoms with E-state index in [0.717, 1.165) is 61.1 Å². The van der Waals surface area contributed by atoms with Gasteiger partial charge in [0.25, 0.3) is 0 Å². The minimum absolute atomic E-state index is 0.0161. The van der Waals surface area contributed by atoms with E-state index < -0.39 is 12.2 Å². The number of ether oxygens (including phenoxy) is 1. The van der Waals surface area contributed by atoms with Crippen molar-refractivity contribution in [2.45, 2.75) is 82.5 Å². The highest BCUT2D eigenvalue weighted by molar-refractivity contribution is 5.90. The average molecular weight is 464 g/mol. The number of anilines is 1. The maximum absolute atomic E-state index is 12.3. The molecule has 5 heteroatoms. The van der Waals surface area contributed by atoms with Crippen LogP contribution in [-0.4, -0.2) is 34.4 Å². The molecule has 5 nitrogen and oxygen atoms in total. The van der Waals surface area contributed by atoms with Crippen molar-refractivity contribution in [2.75, 3.05) is 5.32 Å². The second-order valence-electron chi connectivity index (χ2n) is 9.61. The van der Waals surface area contributed by atoms with Gasteiger partial charge in [-0.3, -0.25) is 4.79 Å². The Kier molecular flexibility index (Phi) is 8.41. The summed E-state index contributed by atoms with van der Waals surface area (Å²) in [6, 6.07) is 15.7. The van der Waals surface area contributed by atoms with Gasteiger partial charge in [-0.25, -0.2) is 0 Å². The zero-order valence-electron chi connectivity index (χ0n) is 20.0. The van der Waals surface area contributed by atoms with Crippen molar-refractivity contribution in [1.82, 2.24) is 0 Å². The van der Waals surface area contributed by atoms with E-state index in [-0.39, 0.29) is 23.8 Å². The lowest BCUT2D eigenvalue weighted by molar-refractivity contribution is -0.116. The zero-order valence-corrected chi connectivity index (χ0v) is 20.0. The topological polar surface area (TPSA) is 78.8 Å². The molecule has 182 valence electrons. The highest BCUT2D eigenvalue weighted by atomic mass is 16.5. The minimum atomic E-state index is -0.465. The molecule has 1 heterocycles. The predicted molar refractivity (Wildman–Crippen MR) is 135 cm³/mol. The first kappa shape index (κ1) is 24.5. The number of carbonyl (C=O) groups excluding carboxylic acids is 1. The number of hydrogen-bond acceptors (Lipinski definition) is 4. The number of nitrogens with one attached hydrogen (secondary N) is 1. The molecule has 0 bridgehead atoms. The van der Waals surface area contributed by atoms with Crippen LogP contribution in [0.3, 0.4) is 0 Å². The SMILES string of the molecule is CCCCC[C@H](O)/C=C/[C@@H]1[C@H]2c3cccc(CCCC(=O)Nc4ccccc4)c3O[C@H]2C[C@H]1O. The van der Waals surface area contributed by atoms with E-state index in [1.165, 1.54) is 0 Å². The van der Waals surface area contributed by atoms with Crippen LogP contribution in [0, 0.1) is 5.92 Å². The van der Waals surface area contributed by atoms with E-state index in [1.54, 1.807) is 0 Å². The van der Waals surface area contributed by atoms with Crippen molar-refractivity contribution in [2.24, 2.45) is 5.92 Å². The molecule has 1 amide bonds. The number of aliphatic hydroxyl groups excluding tert-OH is 2. The molecular formula is C29H37NO4. The lowest BCUT2D eigenvalue weighted by atomic mass is 9.86. The third kappa shape index (κ3) is 5.89. The standard InChI is InChI=1S/C29H37NO4/c1-2-3-5-14-22(31)17-18-23-25(32)19-26-28(23)24-15-8-10-20(29(24)34-26)11-9-16-27(33)30-21-12-6-4-7-13-21/h4,6-8,10,12-13,15,17-18,22-23,25-26,28,31-32H,2-3,5,9,11,14,16,19H2,1H3,(H,30,33)/b18-17+/t22-,23-,25+,26-,28-/m0/s1. The summed E-state index contributed by atoms with van der Waals surface area (Å²) in [5.41, 5.74) is 3.08. The van der Waals surface area contributed by atoms with Crippen LogP contribution in [-0.2, 0) is 11.2 Å². The third-order valence-corrected chi connectivity index (χ3v) is 7.06. The third-order valence-electron chi connectivity index (χ3n) is 7.06. The number of carbonyl (C=O) groups is 1. The highest BCUT2D eigenvalue weighted by Gasteiger charge is 2.48. The number of para-hydroxylation sites is 2. The number of aryl methyl sites for hydroxylation is 1. The molecule has 4 rings (SSSR count). The van der Waals surface area contributed by atoms with Crippen molar-refractivity contribution >= 4 is 11.6 Å². The van der Waals surface area contributed by atoms with Gasteiger partial charge in [-0.15, -0.1) is 0 Å². The second-order valence-corrected chi connectivity index (χ2v) is 9.61. The first-order valence-corrected chi connectivity index (χ1v) is 12.7. The van der Waals surface area contributed by atoms with Crippen LogP contribution in [0.5, 0.6) is 5.75 Å². The number of hydrogen-bond donors (Lipinski definition) is 3. The van der Waals surface area contributed by atoms with Gasteiger partial charge in [0.2, 0.25) is 5.91 Å². The summed E-state index contributed by atoms with van der Waals surface area (Å²) in [7, 11) is 0. The molecule has 1 aliphatic carbocycles. The molecule has 0 saturated heterocycles. The molecule has 2 aliphatic rings. The molecule has 0 radical (unpaired) electrons. The van der Waals surface area contributed by atoms with Crippen LogP contribution >= 0.6 is 0 Å². The molecule has 0 spiro atoms. The largest absolute Gasteiger partial charge is 0.489 e. The summed E-state index contributed by atoms with van der Waals surface area (Å²) < 4.78 is 6.35. The normalized spacial score (nSPS) is 24.0. The number of amides is 1. The number of aliphatic hydroxyl groups is 2. The Hall–Kier alpha value is -2.63. The molecule has 0 aromatic heterocycles. The van der Waals surface area contributed by atoms with E-state index in [9.17, 15) is 15.0 Å². The molecule has 1 saturated carbocycles. The Morgan fingerprint density at radius 1 is 1.15 bits per heavy atom. The molecule has 34 heavy (non-hydrogen) atoms. The maximum atomic E-state index is 12.3. The summed E-state index contributed by atoms with van der Waals surface area (Å²) >= 11 is 0. The quantitative estimate of drug-likeness (QED) is 0.309. The van der Waals surface area contributed by atoms with Gasteiger partial charge in [-0.1, -0.05) is 74.7 Å². The lowest BCUT2D eigenvalue weighted by Crippen LogP contribution is -2.17. The fourth-order valence-corrected chi connectivity index (χ4v) is 5.31. The van der Waals surface area contributed by atoms with Gasteiger partial charge in [-0.05, 0) is 37.0 Å². The maximum Gasteiger partial charge on any atom is 0.224 e. The van der Waals surface area contributed by atoms with Gasteiger partial charge in [-0.2, -0.15) is 0 Å². The van der Waals surface area contributed by atoms with Crippen molar-refractivity contribution < 1.29 is 19.7 Å². The Bertz CT molecular complexity index is 973. The zero-order chi connectivity index (χ0) is 23.9. The lowest BCUT2D eigenvalue weighted by Gasteiger charge is -2.18. The molecule has 1 fully saturated rings. The monoisotopic (exact) mass is 463 g/mol. The second kappa shape index (κ2) is 11.7. The molecule has 1 aliphatic heterocycles. The summed E-state index contributed by atoms with van der Waals surface area (Å²) in [6.45, 7) is 2.16. The highest BCUT2D eigenvalue weighted by Crippen LogP contribution is 2.52. The summed E-state index contributed by atoms with van der Waals surface area (Å²) in [6.07, 6.45) is 9.48. The van der Waals surface area contributed by atoms with Crippen LogP contribution in [0.4, 0.5) is 5.69 Å². The Morgan fingerprint density at radius 3 is 2.76 bits per heavy atom. The van der Waals surface area contributed by atoms with Crippen LogP contribution < -0.4 is 10.1 Å². The molecule has 3 N–H and O–H groups in total. The van der Waals surface area contributed by atoms with E-state index in [0.29, 0.717) is 12.8 Å². The van der Waals surface area contributed by atoms with Crippen LogP contribution in [0.25, 0.3) is 0 Å². The van der Waals surface area contributed by atoms with Crippen molar-refractivity contribution in [3.63, 3.8) is 0 Å². The van der Waals surface area contributed by atoms with E-state index in [2.05, 4.69) is 30.4 Å². The fraction of sp³-hybridized carbons (Fsp3) is 0.483. The van der Waals surface area contributed by atoms with Gasteiger partial charge < -0.3 is 20.3 Å². The molecule has 5 atom stereocenters. The van der Waals surface area contributed by atoms with Crippen molar-refractivity contribution in [3.8, 4) is 5.75 Å². The van der Waals surface area contributed by atoms with Gasteiger partial charge in [0.1, 0.15) is 11.9 Å². The van der Waals surface area contributed by atoms with Crippen LogP contribution in [0.1, 0.15) is 68.9 Å². The average Bonchev–Trinajstić information content (AvgIpc) is 3.33. The van der Waals surface area contributed by atoms with E-state index in [4.69, 9.17) is 4.74 Å².